The number of anilines is 2. The number of aryl methyl sites for hydroxylation is 2. The highest BCUT2D eigenvalue weighted by Crippen LogP contribution is 2.31. The molecule has 8 heteroatoms. The molecule has 3 rings (SSSR count). The number of halogens is 3. The monoisotopic (exact) mass is 353 g/mol. The molecule has 5 N–H and O–H groups in total. The summed E-state index contributed by atoms with van der Waals surface area (Å²) < 4.78 is 37.8. The Kier molecular flexibility index (Phi) is 6.06. The van der Waals surface area contributed by atoms with Crippen LogP contribution < -0.4 is 5.32 Å². The number of rotatable bonds is 2. The molecule has 0 aliphatic heterocycles. The zero-order valence-electron chi connectivity index (χ0n) is 13.6. The van der Waals surface area contributed by atoms with Gasteiger partial charge in [-0.05, 0) is 61.4 Å². The molecular weight excluding hydrogens is 335 g/mol. The van der Waals surface area contributed by atoms with Crippen LogP contribution in [0.25, 0.3) is 10.9 Å². The van der Waals surface area contributed by atoms with Crippen LogP contribution in [0.3, 0.4) is 0 Å². The second-order valence-corrected chi connectivity index (χ2v) is 5.38. The van der Waals surface area contributed by atoms with Crippen molar-refractivity contribution < 1.29 is 24.1 Å². The Bertz CT molecular complexity index is 865. The van der Waals surface area contributed by atoms with E-state index >= 15 is 0 Å². The molecule has 0 amide bonds. The molecule has 2 aromatic carbocycles. The van der Waals surface area contributed by atoms with E-state index in [-0.39, 0.29) is 11.0 Å². The molecule has 0 atom stereocenters. The SMILES string of the molecule is Cc1cc2ncnc(Nc3ccc(C(F)(F)F)cc3)c2cc1C.O.O. The molecule has 5 nitrogen and oxygen atoms in total. The summed E-state index contributed by atoms with van der Waals surface area (Å²) >= 11 is 0. The van der Waals surface area contributed by atoms with Crippen LogP contribution >= 0.6 is 0 Å². The lowest BCUT2D eigenvalue weighted by molar-refractivity contribution is -0.137. The minimum absolute atomic E-state index is 0. The van der Waals surface area contributed by atoms with Crippen molar-refractivity contribution in [3.8, 4) is 0 Å². The molecule has 0 unspecified atom stereocenters. The number of fused-ring (bicyclic) bond motifs is 1. The Balaban J connectivity index is 0.00000156. The maximum Gasteiger partial charge on any atom is 0.416 e. The Morgan fingerprint density at radius 1 is 0.880 bits per heavy atom. The molecular formula is C17H18F3N3O2. The average molecular weight is 353 g/mol. The van der Waals surface area contributed by atoms with Gasteiger partial charge in [-0.3, -0.25) is 0 Å². The largest absolute Gasteiger partial charge is 0.416 e. The van der Waals surface area contributed by atoms with E-state index in [1.54, 1.807) is 0 Å². The van der Waals surface area contributed by atoms with Crippen molar-refractivity contribution >= 4 is 22.4 Å². The third-order valence-corrected chi connectivity index (χ3v) is 3.73. The number of alkyl halides is 3. The summed E-state index contributed by atoms with van der Waals surface area (Å²) in [6.45, 7) is 3.99. The first-order chi connectivity index (χ1) is 10.8. The van der Waals surface area contributed by atoms with E-state index in [1.165, 1.54) is 18.5 Å². The summed E-state index contributed by atoms with van der Waals surface area (Å²) in [5.74, 6) is 0.567. The first-order valence-corrected chi connectivity index (χ1v) is 7.01. The second kappa shape index (κ2) is 7.45. The number of hydrogen-bond acceptors (Lipinski definition) is 3. The fourth-order valence-corrected chi connectivity index (χ4v) is 2.29. The van der Waals surface area contributed by atoms with Crippen molar-refractivity contribution in [2.24, 2.45) is 0 Å². The first-order valence-electron chi connectivity index (χ1n) is 7.01. The molecule has 0 saturated heterocycles. The summed E-state index contributed by atoms with van der Waals surface area (Å²) in [6.07, 6.45) is -2.90. The number of hydrogen-bond donors (Lipinski definition) is 1. The van der Waals surface area contributed by atoms with Crippen molar-refractivity contribution in [2.75, 3.05) is 5.32 Å². The molecule has 1 heterocycles. The molecule has 25 heavy (non-hydrogen) atoms. The van der Waals surface area contributed by atoms with Crippen LogP contribution in [-0.2, 0) is 6.18 Å². The van der Waals surface area contributed by atoms with Gasteiger partial charge in [0.1, 0.15) is 12.1 Å². The zero-order chi connectivity index (χ0) is 16.6. The minimum atomic E-state index is -4.34. The molecule has 134 valence electrons. The van der Waals surface area contributed by atoms with Crippen LogP contribution in [0.4, 0.5) is 24.7 Å². The molecule has 0 fully saturated rings. The Morgan fingerprint density at radius 2 is 1.48 bits per heavy atom. The number of aromatic nitrogens is 2. The van der Waals surface area contributed by atoms with Crippen molar-refractivity contribution in [3.05, 3.63) is 59.4 Å². The molecule has 0 radical (unpaired) electrons. The van der Waals surface area contributed by atoms with Crippen LogP contribution in [0, 0.1) is 13.8 Å². The smallest absolute Gasteiger partial charge is 0.412 e. The van der Waals surface area contributed by atoms with Gasteiger partial charge in [0.15, 0.2) is 0 Å². The fraction of sp³-hybridized carbons (Fsp3) is 0.176. The zero-order valence-corrected chi connectivity index (χ0v) is 13.6. The fourth-order valence-electron chi connectivity index (χ4n) is 2.29. The summed E-state index contributed by atoms with van der Waals surface area (Å²) in [5, 5.41) is 3.88. The number of nitrogens with zero attached hydrogens (tertiary/aromatic N) is 2. The highest BCUT2D eigenvalue weighted by atomic mass is 19.4. The highest BCUT2D eigenvalue weighted by molar-refractivity contribution is 5.91. The highest BCUT2D eigenvalue weighted by Gasteiger charge is 2.29. The first kappa shape index (κ1) is 20.3. The second-order valence-electron chi connectivity index (χ2n) is 5.38. The van der Waals surface area contributed by atoms with Gasteiger partial charge in [-0.15, -0.1) is 0 Å². The number of nitrogens with one attached hydrogen (secondary N) is 1. The maximum absolute atomic E-state index is 12.6. The van der Waals surface area contributed by atoms with Crippen molar-refractivity contribution in [2.45, 2.75) is 20.0 Å². The number of benzene rings is 2. The third-order valence-electron chi connectivity index (χ3n) is 3.73. The van der Waals surface area contributed by atoms with Gasteiger partial charge in [0.2, 0.25) is 0 Å². The standard InChI is InChI=1S/C17H14F3N3.2H2O/c1-10-7-14-15(8-11(10)2)21-9-22-16(14)23-13-5-3-12(4-6-13)17(18,19)20;;/h3-9H,1-2H3,(H,21,22,23);2*1H2. The molecule has 0 aliphatic rings. The van der Waals surface area contributed by atoms with Crippen molar-refractivity contribution in [3.63, 3.8) is 0 Å². The van der Waals surface area contributed by atoms with E-state index in [0.29, 0.717) is 11.5 Å². The topological polar surface area (TPSA) is 101 Å². The van der Waals surface area contributed by atoms with Gasteiger partial charge in [-0.1, -0.05) is 0 Å². The Hall–Kier alpha value is -2.71. The average Bonchev–Trinajstić information content (AvgIpc) is 2.49. The van der Waals surface area contributed by atoms with E-state index in [2.05, 4.69) is 15.3 Å². The van der Waals surface area contributed by atoms with Crippen LogP contribution in [0.2, 0.25) is 0 Å². The maximum atomic E-state index is 12.6. The lowest BCUT2D eigenvalue weighted by Crippen LogP contribution is -2.04. The van der Waals surface area contributed by atoms with E-state index in [4.69, 9.17) is 0 Å². The molecule has 1 aromatic heterocycles. The molecule has 3 aromatic rings. The predicted molar refractivity (Wildman–Crippen MR) is 91.0 cm³/mol. The summed E-state index contributed by atoms with van der Waals surface area (Å²) in [6, 6.07) is 8.79. The van der Waals surface area contributed by atoms with Crippen LogP contribution in [-0.4, -0.2) is 20.9 Å². The van der Waals surface area contributed by atoms with Gasteiger partial charge in [0.25, 0.3) is 0 Å². The van der Waals surface area contributed by atoms with Crippen LogP contribution in [0.1, 0.15) is 16.7 Å². The van der Waals surface area contributed by atoms with Crippen molar-refractivity contribution in [1.82, 2.24) is 9.97 Å². The van der Waals surface area contributed by atoms with Gasteiger partial charge in [-0.25, -0.2) is 9.97 Å². The van der Waals surface area contributed by atoms with Crippen molar-refractivity contribution in [1.29, 1.82) is 0 Å². The van der Waals surface area contributed by atoms with Crippen LogP contribution in [0.15, 0.2) is 42.7 Å². The minimum Gasteiger partial charge on any atom is -0.412 e. The van der Waals surface area contributed by atoms with Gasteiger partial charge in [0, 0.05) is 11.1 Å². The summed E-state index contributed by atoms with van der Waals surface area (Å²) in [4.78, 5) is 8.43. The lowest BCUT2D eigenvalue weighted by atomic mass is 10.1. The van der Waals surface area contributed by atoms with E-state index in [0.717, 1.165) is 34.2 Å². The molecule has 0 bridgehead atoms. The third kappa shape index (κ3) is 4.23. The Labute approximate surface area is 142 Å². The lowest BCUT2D eigenvalue weighted by Gasteiger charge is -2.11. The van der Waals surface area contributed by atoms with Gasteiger partial charge in [0.05, 0.1) is 11.1 Å². The normalized spacial score (nSPS) is 10.8. The summed E-state index contributed by atoms with van der Waals surface area (Å²) in [7, 11) is 0. The van der Waals surface area contributed by atoms with E-state index < -0.39 is 11.7 Å². The van der Waals surface area contributed by atoms with Crippen LogP contribution in [0.5, 0.6) is 0 Å². The molecule has 0 saturated carbocycles. The predicted octanol–water partition coefficient (Wildman–Crippen LogP) is 3.36. The van der Waals surface area contributed by atoms with Gasteiger partial charge in [-0.2, -0.15) is 13.2 Å². The van der Waals surface area contributed by atoms with Gasteiger partial charge >= 0.3 is 6.18 Å². The molecule has 0 aliphatic carbocycles. The van der Waals surface area contributed by atoms with E-state index in [9.17, 15) is 13.2 Å². The Morgan fingerprint density at radius 3 is 2.08 bits per heavy atom. The molecule has 0 spiro atoms. The summed E-state index contributed by atoms with van der Waals surface area (Å²) in [5.41, 5.74) is 2.87. The van der Waals surface area contributed by atoms with Gasteiger partial charge < -0.3 is 16.3 Å². The van der Waals surface area contributed by atoms with E-state index in [1.807, 2.05) is 26.0 Å². The quantitative estimate of drug-likeness (QED) is 0.764.